The Morgan fingerprint density at radius 1 is 1.46 bits per heavy atom. The average molecular weight is 330 g/mol. The molecule has 0 aromatic heterocycles. The predicted molar refractivity (Wildman–Crippen MR) is 91.5 cm³/mol. The summed E-state index contributed by atoms with van der Waals surface area (Å²) in [5.41, 5.74) is -0.268. The van der Waals surface area contributed by atoms with Crippen molar-refractivity contribution in [3.63, 3.8) is 0 Å². The van der Waals surface area contributed by atoms with Gasteiger partial charge in [-0.3, -0.25) is 4.79 Å². The Labute approximate surface area is 143 Å². The van der Waals surface area contributed by atoms with Gasteiger partial charge in [0.1, 0.15) is 5.75 Å². The van der Waals surface area contributed by atoms with Crippen molar-refractivity contribution in [2.24, 2.45) is 0 Å². The molecule has 0 bridgehead atoms. The maximum atomic E-state index is 12.4. The molecule has 0 radical (unpaired) electrons. The number of hydrogen-bond donors (Lipinski definition) is 1. The number of ether oxygens (including phenoxy) is 1. The number of hydrogen-bond acceptors (Lipinski definition) is 4. The molecule has 1 aliphatic rings. The molecule has 1 atom stereocenters. The number of carbonyl (C=O) groups is 1. The minimum absolute atomic E-state index is 0.0741. The first-order chi connectivity index (χ1) is 11.4. The molecule has 1 fully saturated rings. The Kier molecular flexibility index (Phi) is 6.22. The van der Waals surface area contributed by atoms with Gasteiger partial charge in [-0.1, -0.05) is 6.07 Å². The second-order valence-corrected chi connectivity index (χ2v) is 6.84. The Hall–Kier alpha value is -2.06. The number of nitriles is 1. The van der Waals surface area contributed by atoms with Gasteiger partial charge in [0.15, 0.2) is 0 Å². The molecule has 2 rings (SSSR count). The van der Waals surface area contributed by atoms with Crippen LogP contribution in [0.3, 0.4) is 0 Å². The maximum absolute atomic E-state index is 12.4. The summed E-state index contributed by atoms with van der Waals surface area (Å²) in [6.45, 7) is 4.81. The quantitative estimate of drug-likeness (QED) is 0.780. The molecule has 0 saturated carbocycles. The number of carbonyl (C=O) groups excluding carboxylic acids is 1. The molecule has 5 heteroatoms. The molecule has 130 valence electrons. The monoisotopic (exact) mass is 330 g/mol. The van der Waals surface area contributed by atoms with E-state index in [2.05, 4.69) is 6.07 Å². The lowest BCUT2D eigenvalue weighted by Gasteiger charge is -2.33. The van der Waals surface area contributed by atoms with Crippen molar-refractivity contribution >= 4 is 5.91 Å². The average Bonchev–Trinajstić information content (AvgIpc) is 3.04. The van der Waals surface area contributed by atoms with E-state index in [9.17, 15) is 9.90 Å². The predicted octanol–water partition coefficient (Wildman–Crippen LogP) is 2.87. The van der Waals surface area contributed by atoms with Gasteiger partial charge < -0.3 is 14.7 Å². The van der Waals surface area contributed by atoms with Crippen molar-refractivity contribution in [1.82, 2.24) is 4.90 Å². The number of rotatable bonds is 7. The van der Waals surface area contributed by atoms with Crippen molar-refractivity contribution in [3.05, 3.63) is 29.8 Å². The highest BCUT2D eigenvalue weighted by atomic mass is 16.5. The zero-order valence-corrected chi connectivity index (χ0v) is 14.5. The largest absolute Gasteiger partial charge is 0.494 e. The van der Waals surface area contributed by atoms with Crippen LogP contribution < -0.4 is 4.74 Å². The van der Waals surface area contributed by atoms with Gasteiger partial charge in [0.05, 0.1) is 29.9 Å². The van der Waals surface area contributed by atoms with Gasteiger partial charge in [-0.05, 0) is 57.7 Å². The van der Waals surface area contributed by atoms with E-state index in [0.29, 0.717) is 24.3 Å². The van der Waals surface area contributed by atoms with Crippen LogP contribution in [-0.2, 0) is 4.79 Å². The lowest BCUT2D eigenvalue weighted by Crippen LogP contribution is -2.48. The standard InChI is InChI=1S/C19H26N2O3/c1-19(2,23)17-9-6-11-21(17)18(22)10-3-4-12-24-16-8-5-7-15(13-16)14-20/h5,7-8,13,17,23H,3-4,6,9-12H2,1-2H3. The first-order valence-corrected chi connectivity index (χ1v) is 8.56. The number of unbranched alkanes of at least 4 members (excludes halogenated alkanes) is 1. The molecule has 1 aromatic rings. The summed E-state index contributed by atoms with van der Waals surface area (Å²) in [4.78, 5) is 14.2. The number of benzene rings is 1. The number of aliphatic hydroxyl groups is 1. The zero-order chi connectivity index (χ0) is 17.6. The third-order valence-corrected chi connectivity index (χ3v) is 4.41. The van der Waals surface area contributed by atoms with Gasteiger partial charge in [-0.2, -0.15) is 5.26 Å². The summed E-state index contributed by atoms with van der Waals surface area (Å²) in [5, 5.41) is 19.0. The summed E-state index contributed by atoms with van der Waals surface area (Å²) >= 11 is 0. The molecular formula is C19H26N2O3. The van der Waals surface area contributed by atoms with Crippen LogP contribution in [-0.4, -0.2) is 40.7 Å². The van der Waals surface area contributed by atoms with E-state index >= 15 is 0 Å². The lowest BCUT2D eigenvalue weighted by atomic mass is 9.96. The fourth-order valence-corrected chi connectivity index (χ4v) is 3.17. The van der Waals surface area contributed by atoms with E-state index in [1.54, 1.807) is 32.0 Å². The van der Waals surface area contributed by atoms with E-state index in [1.165, 1.54) is 0 Å². The van der Waals surface area contributed by atoms with Crippen molar-refractivity contribution < 1.29 is 14.6 Å². The van der Waals surface area contributed by atoms with E-state index in [-0.39, 0.29) is 11.9 Å². The molecule has 24 heavy (non-hydrogen) atoms. The zero-order valence-electron chi connectivity index (χ0n) is 14.5. The fourth-order valence-electron chi connectivity index (χ4n) is 3.17. The molecule has 1 aromatic carbocycles. The number of amides is 1. The minimum atomic E-state index is -0.846. The Balaban J connectivity index is 1.70. The lowest BCUT2D eigenvalue weighted by molar-refractivity contribution is -0.136. The molecule has 1 saturated heterocycles. The Bertz CT molecular complexity index is 601. The highest BCUT2D eigenvalue weighted by Crippen LogP contribution is 2.27. The summed E-state index contributed by atoms with van der Waals surface area (Å²) in [7, 11) is 0. The smallest absolute Gasteiger partial charge is 0.222 e. The van der Waals surface area contributed by atoms with Crippen molar-refractivity contribution in [2.75, 3.05) is 13.2 Å². The summed E-state index contributed by atoms with van der Waals surface area (Å²) in [6.07, 6.45) is 3.84. The summed E-state index contributed by atoms with van der Waals surface area (Å²) in [5.74, 6) is 0.799. The second-order valence-electron chi connectivity index (χ2n) is 6.84. The van der Waals surface area contributed by atoms with Gasteiger partial charge >= 0.3 is 0 Å². The van der Waals surface area contributed by atoms with Crippen LogP contribution in [0.15, 0.2) is 24.3 Å². The Morgan fingerprint density at radius 3 is 2.96 bits per heavy atom. The van der Waals surface area contributed by atoms with E-state index in [1.807, 2.05) is 11.0 Å². The molecule has 1 aliphatic heterocycles. The third-order valence-electron chi connectivity index (χ3n) is 4.41. The molecule has 0 aliphatic carbocycles. The molecule has 1 heterocycles. The van der Waals surface area contributed by atoms with Crippen molar-refractivity contribution in [3.8, 4) is 11.8 Å². The number of likely N-dealkylation sites (tertiary alicyclic amines) is 1. The molecule has 5 nitrogen and oxygen atoms in total. The maximum Gasteiger partial charge on any atom is 0.222 e. The normalized spacial score (nSPS) is 17.6. The van der Waals surface area contributed by atoms with Crippen LogP contribution in [0.4, 0.5) is 0 Å². The van der Waals surface area contributed by atoms with Gasteiger partial charge in [0, 0.05) is 13.0 Å². The van der Waals surface area contributed by atoms with Gasteiger partial charge in [-0.15, -0.1) is 0 Å². The van der Waals surface area contributed by atoms with Crippen LogP contribution in [0.1, 0.15) is 51.5 Å². The first kappa shape index (κ1) is 18.3. The van der Waals surface area contributed by atoms with Crippen molar-refractivity contribution in [1.29, 1.82) is 5.26 Å². The SMILES string of the molecule is CC(C)(O)C1CCCN1C(=O)CCCCOc1cccc(C#N)c1. The van der Waals surface area contributed by atoms with Crippen molar-refractivity contribution in [2.45, 2.75) is 57.6 Å². The highest BCUT2D eigenvalue weighted by Gasteiger charge is 2.37. The molecule has 1 amide bonds. The van der Waals surface area contributed by atoms with Crippen LogP contribution in [0.2, 0.25) is 0 Å². The molecular weight excluding hydrogens is 304 g/mol. The Morgan fingerprint density at radius 2 is 2.25 bits per heavy atom. The molecule has 0 spiro atoms. The van der Waals surface area contributed by atoms with Gasteiger partial charge in [-0.25, -0.2) is 0 Å². The van der Waals surface area contributed by atoms with E-state index in [0.717, 1.165) is 32.2 Å². The van der Waals surface area contributed by atoms with E-state index < -0.39 is 5.60 Å². The summed E-state index contributed by atoms with van der Waals surface area (Å²) in [6, 6.07) is 9.07. The molecule has 1 N–H and O–H groups in total. The number of nitrogens with zero attached hydrogens (tertiary/aromatic N) is 2. The van der Waals surface area contributed by atoms with Crippen LogP contribution >= 0.6 is 0 Å². The minimum Gasteiger partial charge on any atom is -0.494 e. The van der Waals surface area contributed by atoms with Crippen LogP contribution in [0, 0.1) is 11.3 Å². The van der Waals surface area contributed by atoms with Gasteiger partial charge in [0.2, 0.25) is 5.91 Å². The first-order valence-electron chi connectivity index (χ1n) is 8.56. The summed E-state index contributed by atoms with van der Waals surface area (Å²) < 4.78 is 5.62. The van der Waals surface area contributed by atoms with Crippen LogP contribution in [0.25, 0.3) is 0 Å². The topological polar surface area (TPSA) is 73.6 Å². The third kappa shape index (κ3) is 4.97. The second kappa shape index (κ2) is 8.16. The fraction of sp³-hybridized carbons (Fsp3) is 0.579. The van der Waals surface area contributed by atoms with Gasteiger partial charge in [0.25, 0.3) is 0 Å². The molecule has 1 unspecified atom stereocenters. The van der Waals surface area contributed by atoms with E-state index in [4.69, 9.17) is 10.00 Å². The van der Waals surface area contributed by atoms with Crippen LogP contribution in [0.5, 0.6) is 5.75 Å². The highest BCUT2D eigenvalue weighted by molar-refractivity contribution is 5.77.